The van der Waals surface area contributed by atoms with Gasteiger partial charge in [-0.05, 0) is 33.8 Å². The van der Waals surface area contributed by atoms with E-state index in [1.165, 1.54) is 5.56 Å². The molecule has 3 N–H and O–H groups in total. The number of hydrogen-bond donors (Lipinski definition) is 2. The molecule has 0 aliphatic rings. The van der Waals surface area contributed by atoms with Crippen molar-refractivity contribution in [1.82, 2.24) is 0 Å². The summed E-state index contributed by atoms with van der Waals surface area (Å²) in [6.45, 7) is 8.02. The first-order valence-corrected chi connectivity index (χ1v) is 6.01. The van der Waals surface area contributed by atoms with Crippen molar-refractivity contribution in [1.29, 1.82) is 0 Å². The first kappa shape index (κ1) is 14.0. The van der Waals surface area contributed by atoms with Crippen molar-refractivity contribution in [2.24, 2.45) is 5.73 Å². The number of nitrogens with two attached hydrogens (primary N) is 1. The molecule has 0 spiro atoms. The number of aliphatic hydroxyl groups is 1. The van der Waals surface area contributed by atoms with Crippen LogP contribution in [0.5, 0.6) is 5.75 Å². The van der Waals surface area contributed by atoms with E-state index in [2.05, 4.69) is 0 Å². The molecule has 0 unspecified atom stereocenters. The van der Waals surface area contributed by atoms with E-state index in [1.54, 1.807) is 13.8 Å². The van der Waals surface area contributed by atoms with Gasteiger partial charge in [0.15, 0.2) is 0 Å². The highest BCUT2D eigenvalue weighted by Crippen LogP contribution is 2.25. The standard InChI is InChI=1S/C14H23NO2/c1-10-5-6-13(12(9-10)11(2)15)17-8-7-14(3,4)16/h5-6,9,11,16H,7-8,15H2,1-4H3/t11-/m0/s1. The first-order chi connectivity index (χ1) is 7.79. The van der Waals surface area contributed by atoms with Crippen LogP contribution in [-0.2, 0) is 0 Å². The Morgan fingerprint density at radius 3 is 2.59 bits per heavy atom. The van der Waals surface area contributed by atoms with Crippen LogP contribution in [0.15, 0.2) is 18.2 Å². The fraction of sp³-hybridized carbons (Fsp3) is 0.571. The lowest BCUT2D eigenvalue weighted by Crippen LogP contribution is -2.22. The molecule has 0 radical (unpaired) electrons. The lowest BCUT2D eigenvalue weighted by atomic mass is 10.0. The third-order valence-electron chi connectivity index (χ3n) is 2.63. The number of rotatable bonds is 5. The second kappa shape index (κ2) is 5.52. The van der Waals surface area contributed by atoms with E-state index in [0.717, 1.165) is 11.3 Å². The molecule has 96 valence electrons. The Balaban J connectivity index is 2.70. The van der Waals surface area contributed by atoms with Crippen LogP contribution in [0, 0.1) is 6.92 Å². The van der Waals surface area contributed by atoms with Gasteiger partial charge in [-0.3, -0.25) is 0 Å². The van der Waals surface area contributed by atoms with Gasteiger partial charge < -0.3 is 15.6 Å². The SMILES string of the molecule is Cc1ccc(OCCC(C)(C)O)c([C@H](C)N)c1. The van der Waals surface area contributed by atoms with E-state index >= 15 is 0 Å². The zero-order chi connectivity index (χ0) is 13.1. The second-order valence-corrected chi connectivity index (χ2v) is 5.24. The van der Waals surface area contributed by atoms with E-state index in [4.69, 9.17) is 10.5 Å². The summed E-state index contributed by atoms with van der Waals surface area (Å²) < 4.78 is 5.69. The smallest absolute Gasteiger partial charge is 0.124 e. The van der Waals surface area contributed by atoms with Crippen LogP contribution in [0.3, 0.4) is 0 Å². The molecule has 0 aliphatic carbocycles. The van der Waals surface area contributed by atoms with E-state index in [1.807, 2.05) is 32.0 Å². The summed E-state index contributed by atoms with van der Waals surface area (Å²) in [6.07, 6.45) is 0.596. The van der Waals surface area contributed by atoms with Gasteiger partial charge in [-0.15, -0.1) is 0 Å². The third-order valence-corrected chi connectivity index (χ3v) is 2.63. The van der Waals surface area contributed by atoms with Crippen molar-refractivity contribution in [3.05, 3.63) is 29.3 Å². The Hall–Kier alpha value is -1.06. The minimum atomic E-state index is -0.695. The summed E-state index contributed by atoms with van der Waals surface area (Å²) in [6, 6.07) is 5.94. The summed E-state index contributed by atoms with van der Waals surface area (Å²) in [5.41, 5.74) is 7.40. The van der Waals surface area contributed by atoms with E-state index in [-0.39, 0.29) is 6.04 Å². The van der Waals surface area contributed by atoms with Crippen molar-refractivity contribution in [2.45, 2.75) is 45.8 Å². The predicted octanol–water partition coefficient (Wildman–Crippen LogP) is 2.55. The highest BCUT2D eigenvalue weighted by Gasteiger charge is 2.13. The Morgan fingerprint density at radius 2 is 2.06 bits per heavy atom. The number of hydrogen-bond acceptors (Lipinski definition) is 3. The van der Waals surface area contributed by atoms with Crippen LogP contribution >= 0.6 is 0 Å². The van der Waals surface area contributed by atoms with Crippen molar-refractivity contribution in [3.8, 4) is 5.75 Å². The molecule has 1 aromatic carbocycles. The van der Waals surface area contributed by atoms with Crippen molar-refractivity contribution >= 4 is 0 Å². The Labute approximate surface area is 104 Å². The first-order valence-electron chi connectivity index (χ1n) is 6.01. The van der Waals surface area contributed by atoms with Crippen LogP contribution in [0.1, 0.15) is 44.4 Å². The Bertz CT molecular complexity index is 367. The minimum Gasteiger partial charge on any atom is -0.493 e. The number of benzene rings is 1. The molecule has 0 aliphatic heterocycles. The minimum absolute atomic E-state index is 0.0490. The zero-order valence-corrected chi connectivity index (χ0v) is 11.2. The summed E-state index contributed by atoms with van der Waals surface area (Å²) >= 11 is 0. The molecular weight excluding hydrogens is 214 g/mol. The van der Waals surface area contributed by atoms with Gasteiger partial charge in [0.25, 0.3) is 0 Å². The van der Waals surface area contributed by atoms with Gasteiger partial charge >= 0.3 is 0 Å². The molecule has 3 nitrogen and oxygen atoms in total. The van der Waals surface area contributed by atoms with Gasteiger partial charge in [-0.1, -0.05) is 17.7 Å². The van der Waals surface area contributed by atoms with Crippen molar-refractivity contribution in [3.63, 3.8) is 0 Å². The topological polar surface area (TPSA) is 55.5 Å². The van der Waals surface area contributed by atoms with Gasteiger partial charge in [0.2, 0.25) is 0 Å². The van der Waals surface area contributed by atoms with Crippen molar-refractivity contribution < 1.29 is 9.84 Å². The third kappa shape index (κ3) is 4.75. The van der Waals surface area contributed by atoms with Crippen LogP contribution in [0.2, 0.25) is 0 Å². The molecule has 3 heteroatoms. The molecule has 1 atom stereocenters. The molecule has 0 amide bonds. The molecule has 1 rings (SSSR count). The van der Waals surface area contributed by atoms with Crippen molar-refractivity contribution in [2.75, 3.05) is 6.61 Å². The number of ether oxygens (including phenoxy) is 1. The van der Waals surface area contributed by atoms with E-state index < -0.39 is 5.60 Å². The lowest BCUT2D eigenvalue weighted by molar-refractivity contribution is 0.0551. The molecule has 0 aromatic heterocycles. The molecule has 1 aromatic rings. The Morgan fingerprint density at radius 1 is 1.41 bits per heavy atom. The predicted molar refractivity (Wildman–Crippen MR) is 70.2 cm³/mol. The second-order valence-electron chi connectivity index (χ2n) is 5.24. The van der Waals surface area contributed by atoms with Gasteiger partial charge in [0.05, 0.1) is 12.2 Å². The highest BCUT2D eigenvalue weighted by atomic mass is 16.5. The zero-order valence-electron chi connectivity index (χ0n) is 11.2. The largest absolute Gasteiger partial charge is 0.493 e. The maximum Gasteiger partial charge on any atom is 0.124 e. The molecule has 0 saturated heterocycles. The molecule has 0 fully saturated rings. The van der Waals surface area contributed by atoms with Crippen LogP contribution < -0.4 is 10.5 Å². The molecule has 0 heterocycles. The van der Waals surface area contributed by atoms with E-state index in [9.17, 15) is 5.11 Å². The fourth-order valence-electron chi connectivity index (χ4n) is 1.57. The fourth-order valence-corrected chi connectivity index (χ4v) is 1.57. The molecule has 17 heavy (non-hydrogen) atoms. The van der Waals surface area contributed by atoms with E-state index in [0.29, 0.717) is 13.0 Å². The summed E-state index contributed by atoms with van der Waals surface area (Å²) in [4.78, 5) is 0. The summed E-state index contributed by atoms with van der Waals surface area (Å²) in [5, 5.41) is 9.61. The van der Waals surface area contributed by atoms with Gasteiger partial charge in [0.1, 0.15) is 5.75 Å². The van der Waals surface area contributed by atoms with Crippen LogP contribution in [-0.4, -0.2) is 17.3 Å². The maximum atomic E-state index is 9.61. The Kier molecular flexibility index (Phi) is 4.54. The maximum absolute atomic E-state index is 9.61. The molecule has 0 saturated carbocycles. The van der Waals surface area contributed by atoms with Gasteiger partial charge in [0, 0.05) is 18.0 Å². The average molecular weight is 237 g/mol. The monoisotopic (exact) mass is 237 g/mol. The van der Waals surface area contributed by atoms with Gasteiger partial charge in [-0.2, -0.15) is 0 Å². The average Bonchev–Trinajstić information content (AvgIpc) is 2.18. The van der Waals surface area contributed by atoms with Gasteiger partial charge in [-0.25, -0.2) is 0 Å². The normalized spacial score (nSPS) is 13.5. The number of aryl methyl sites for hydroxylation is 1. The quantitative estimate of drug-likeness (QED) is 0.827. The van der Waals surface area contributed by atoms with Crippen LogP contribution in [0.25, 0.3) is 0 Å². The molecular formula is C14H23NO2. The lowest BCUT2D eigenvalue weighted by Gasteiger charge is -2.19. The van der Waals surface area contributed by atoms with Crippen LogP contribution in [0.4, 0.5) is 0 Å². The molecule has 0 bridgehead atoms. The summed E-state index contributed by atoms with van der Waals surface area (Å²) in [5.74, 6) is 0.815. The summed E-state index contributed by atoms with van der Waals surface area (Å²) in [7, 11) is 0. The highest BCUT2D eigenvalue weighted by molar-refractivity contribution is 5.38.